The normalized spacial score (nSPS) is 12.2. The molecule has 1 aliphatic rings. The van der Waals surface area contributed by atoms with Crippen molar-refractivity contribution in [2.45, 2.75) is 12.8 Å². The molecule has 3 aromatic carbocycles. The quantitative estimate of drug-likeness (QED) is 0.312. The Balaban J connectivity index is 1.67. The van der Waals surface area contributed by atoms with E-state index >= 15 is 0 Å². The van der Waals surface area contributed by atoms with E-state index in [9.17, 15) is 0 Å². The molecule has 2 aromatic heterocycles. The maximum Gasteiger partial charge on any atom is 0.221 e. The lowest BCUT2D eigenvalue weighted by atomic mass is 9.84. The molecule has 0 spiro atoms. The number of halogens is 1. The lowest BCUT2D eigenvalue weighted by molar-refractivity contribution is 0.355. The number of rotatable bonds is 4. The van der Waals surface area contributed by atoms with Crippen molar-refractivity contribution in [1.29, 1.82) is 0 Å². The number of aryl methyl sites for hydroxylation is 1. The van der Waals surface area contributed by atoms with E-state index in [1.807, 2.05) is 54.6 Å². The summed E-state index contributed by atoms with van der Waals surface area (Å²) in [5, 5.41) is 1.64. The largest absolute Gasteiger partial charge is 0.493 e. The number of anilines is 1. The van der Waals surface area contributed by atoms with Crippen molar-refractivity contribution in [2.24, 2.45) is 0 Å². The predicted octanol–water partition coefficient (Wildman–Crippen LogP) is 6.38. The van der Waals surface area contributed by atoms with Crippen molar-refractivity contribution in [1.82, 2.24) is 15.0 Å². The standard InChI is InChI=1S/C29H23ClN4O2/c1-35-23-13-8-17(14-24(23)36-2)27-19-10-12-22-26(28(19)34-29(31)33-27)25(16-6-4-3-5-7-16)20-15-18(30)9-11-21(20)32-22/h3-9,11,13-15H,10,12H2,1-2H3,(H2,31,33,34). The summed E-state index contributed by atoms with van der Waals surface area (Å²) in [6.45, 7) is 0. The Hall–Kier alpha value is -4.16. The Bertz CT molecular complexity index is 1640. The third-order valence-corrected chi connectivity index (χ3v) is 6.85. The van der Waals surface area contributed by atoms with E-state index in [0.717, 1.165) is 68.6 Å². The van der Waals surface area contributed by atoms with Crippen molar-refractivity contribution >= 4 is 28.5 Å². The molecular formula is C29H23ClN4O2. The Kier molecular flexibility index (Phi) is 5.46. The van der Waals surface area contributed by atoms with Gasteiger partial charge in [-0.05, 0) is 54.8 Å². The fourth-order valence-corrected chi connectivity index (χ4v) is 5.21. The summed E-state index contributed by atoms with van der Waals surface area (Å²) < 4.78 is 11.0. The summed E-state index contributed by atoms with van der Waals surface area (Å²) in [6.07, 6.45) is 1.50. The van der Waals surface area contributed by atoms with Gasteiger partial charge in [-0.15, -0.1) is 0 Å². The zero-order chi connectivity index (χ0) is 24.8. The van der Waals surface area contributed by atoms with Crippen molar-refractivity contribution < 1.29 is 9.47 Å². The van der Waals surface area contributed by atoms with Crippen molar-refractivity contribution in [3.63, 3.8) is 0 Å². The van der Waals surface area contributed by atoms with E-state index in [0.29, 0.717) is 16.5 Å². The SMILES string of the molecule is COc1ccc(-c2nc(N)nc3c2CCc2nc4ccc(Cl)cc4c(-c4ccccc4)c2-3)cc1OC. The van der Waals surface area contributed by atoms with Crippen LogP contribution in [0.15, 0.2) is 66.7 Å². The minimum Gasteiger partial charge on any atom is -0.493 e. The van der Waals surface area contributed by atoms with Crippen LogP contribution in [0, 0.1) is 0 Å². The van der Waals surface area contributed by atoms with Gasteiger partial charge in [0.15, 0.2) is 11.5 Å². The van der Waals surface area contributed by atoms with Gasteiger partial charge in [0, 0.05) is 32.7 Å². The van der Waals surface area contributed by atoms with Crippen LogP contribution in [0.5, 0.6) is 11.5 Å². The van der Waals surface area contributed by atoms with E-state index in [1.54, 1.807) is 14.2 Å². The molecule has 0 bridgehead atoms. The summed E-state index contributed by atoms with van der Waals surface area (Å²) in [4.78, 5) is 14.5. The molecule has 178 valence electrons. The van der Waals surface area contributed by atoms with E-state index in [-0.39, 0.29) is 5.95 Å². The van der Waals surface area contributed by atoms with Crippen LogP contribution < -0.4 is 15.2 Å². The number of nitrogens with two attached hydrogens (primary N) is 1. The van der Waals surface area contributed by atoms with Gasteiger partial charge in [0.25, 0.3) is 0 Å². The number of fused-ring (bicyclic) bond motifs is 4. The monoisotopic (exact) mass is 494 g/mol. The molecule has 0 radical (unpaired) electrons. The first-order valence-corrected chi connectivity index (χ1v) is 12.0. The van der Waals surface area contributed by atoms with Gasteiger partial charge in [0.05, 0.1) is 36.8 Å². The highest BCUT2D eigenvalue weighted by molar-refractivity contribution is 6.31. The first kappa shape index (κ1) is 22.3. The lowest BCUT2D eigenvalue weighted by Gasteiger charge is -2.25. The molecule has 7 heteroatoms. The van der Waals surface area contributed by atoms with Crippen LogP contribution in [-0.2, 0) is 12.8 Å². The molecule has 1 aliphatic carbocycles. The Morgan fingerprint density at radius 1 is 0.750 bits per heavy atom. The summed E-state index contributed by atoms with van der Waals surface area (Å²) in [5.74, 6) is 1.49. The highest BCUT2D eigenvalue weighted by Gasteiger charge is 2.28. The maximum atomic E-state index is 6.45. The first-order valence-electron chi connectivity index (χ1n) is 11.6. The number of nitrogen functional groups attached to an aromatic ring is 1. The second-order valence-electron chi connectivity index (χ2n) is 8.66. The number of hydrogen-bond donors (Lipinski definition) is 1. The van der Waals surface area contributed by atoms with E-state index in [2.05, 4.69) is 17.1 Å². The molecule has 0 fully saturated rings. The number of hydrogen-bond acceptors (Lipinski definition) is 6. The molecule has 6 rings (SSSR count). The minimum atomic E-state index is 0.205. The fourth-order valence-electron chi connectivity index (χ4n) is 5.04. The highest BCUT2D eigenvalue weighted by Crippen LogP contribution is 2.45. The zero-order valence-corrected chi connectivity index (χ0v) is 20.6. The second-order valence-corrected chi connectivity index (χ2v) is 9.10. The number of methoxy groups -OCH3 is 2. The summed E-state index contributed by atoms with van der Waals surface area (Å²) >= 11 is 6.45. The molecule has 0 saturated carbocycles. The average Bonchev–Trinajstić information content (AvgIpc) is 2.91. The van der Waals surface area contributed by atoms with Crippen molar-refractivity contribution in [3.8, 4) is 45.1 Å². The number of ether oxygens (including phenoxy) is 2. The highest BCUT2D eigenvalue weighted by atomic mass is 35.5. The molecular weight excluding hydrogens is 472 g/mol. The van der Waals surface area contributed by atoms with E-state index in [4.69, 9.17) is 36.8 Å². The van der Waals surface area contributed by atoms with Gasteiger partial charge in [-0.1, -0.05) is 41.9 Å². The van der Waals surface area contributed by atoms with Crippen LogP contribution in [0.4, 0.5) is 5.95 Å². The lowest BCUT2D eigenvalue weighted by Crippen LogP contribution is -2.14. The fraction of sp³-hybridized carbons (Fsp3) is 0.138. The maximum absolute atomic E-state index is 6.45. The smallest absolute Gasteiger partial charge is 0.221 e. The second kappa shape index (κ2) is 8.81. The predicted molar refractivity (Wildman–Crippen MR) is 144 cm³/mol. The molecule has 0 amide bonds. The summed E-state index contributed by atoms with van der Waals surface area (Å²) in [6, 6.07) is 21.9. The molecule has 2 N–H and O–H groups in total. The van der Waals surface area contributed by atoms with Crippen LogP contribution in [0.1, 0.15) is 11.3 Å². The minimum absolute atomic E-state index is 0.205. The number of nitrogens with zero attached hydrogens (tertiary/aromatic N) is 3. The van der Waals surface area contributed by atoms with Gasteiger partial charge in [-0.2, -0.15) is 0 Å². The van der Waals surface area contributed by atoms with Crippen LogP contribution in [0.3, 0.4) is 0 Å². The van der Waals surface area contributed by atoms with Gasteiger partial charge in [0.2, 0.25) is 5.95 Å². The molecule has 2 heterocycles. The molecule has 0 saturated heterocycles. The van der Waals surface area contributed by atoms with Gasteiger partial charge in [-0.25, -0.2) is 9.97 Å². The molecule has 0 atom stereocenters. The van der Waals surface area contributed by atoms with Crippen molar-refractivity contribution in [3.05, 3.63) is 83.0 Å². The molecule has 0 aliphatic heterocycles. The van der Waals surface area contributed by atoms with Crippen LogP contribution >= 0.6 is 11.6 Å². The number of pyridine rings is 1. The van der Waals surface area contributed by atoms with E-state index in [1.165, 1.54) is 0 Å². The summed E-state index contributed by atoms with van der Waals surface area (Å²) in [5.41, 5.74) is 14.8. The summed E-state index contributed by atoms with van der Waals surface area (Å²) in [7, 11) is 3.24. The molecule has 6 nitrogen and oxygen atoms in total. The Morgan fingerprint density at radius 3 is 2.31 bits per heavy atom. The molecule has 5 aromatic rings. The van der Waals surface area contributed by atoms with Gasteiger partial charge in [0.1, 0.15) is 0 Å². The zero-order valence-electron chi connectivity index (χ0n) is 19.9. The van der Waals surface area contributed by atoms with Gasteiger partial charge < -0.3 is 15.2 Å². The van der Waals surface area contributed by atoms with Crippen LogP contribution in [0.25, 0.3) is 44.5 Å². The van der Waals surface area contributed by atoms with Gasteiger partial charge in [-0.3, -0.25) is 4.98 Å². The molecule has 0 unspecified atom stereocenters. The topological polar surface area (TPSA) is 83.2 Å². The molecule has 36 heavy (non-hydrogen) atoms. The number of aromatic nitrogens is 3. The van der Waals surface area contributed by atoms with Crippen LogP contribution in [0.2, 0.25) is 5.02 Å². The average molecular weight is 495 g/mol. The van der Waals surface area contributed by atoms with Crippen molar-refractivity contribution in [2.75, 3.05) is 20.0 Å². The Morgan fingerprint density at radius 2 is 1.53 bits per heavy atom. The third kappa shape index (κ3) is 3.62. The third-order valence-electron chi connectivity index (χ3n) is 6.61. The van der Waals surface area contributed by atoms with Gasteiger partial charge >= 0.3 is 0 Å². The first-order chi connectivity index (χ1) is 17.6. The Labute approximate surface area is 213 Å². The van der Waals surface area contributed by atoms with E-state index < -0.39 is 0 Å². The number of benzene rings is 3. The van der Waals surface area contributed by atoms with Crippen LogP contribution in [-0.4, -0.2) is 29.2 Å².